The Hall–Kier alpha value is -1.61. The number of likely N-dealkylation sites (tertiary alicyclic amines) is 1. The molecule has 1 N–H and O–H groups in total. The van der Waals surface area contributed by atoms with Gasteiger partial charge in [0.1, 0.15) is 0 Å². The third-order valence-corrected chi connectivity index (χ3v) is 4.22. The number of carbonyl (C=O) groups excluding carboxylic acids is 1. The first-order valence-corrected chi connectivity index (χ1v) is 7.80. The lowest BCUT2D eigenvalue weighted by Gasteiger charge is -2.35. The van der Waals surface area contributed by atoms with Crippen molar-refractivity contribution in [3.63, 3.8) is 0 Å². The van der Waals surface area contributed by atoms with Crippen LogP contribution < -0.4 is 5.32 Å². The minimum absolute atomic E-state index is 0.0785. The van der Waals surface area contributed by atoms with Crippen molar-refractivity contribution >= 4 is 11.6 Å². The molecule has 3 heteroatoms. The van der Waals surface area contributed by atoms with Crippen molar-refractivity contribution in [3.8, 4) is 0 Å². The van der Waals surface area contributed by atoms with E-state index in [9.17, 15) is 4.79 Å². The molecule has 1 aliphatic heterocycles. The standard InChI is InChI=1S/C18H26N2O/c1-5-10-20-11-9-13(2)12-16(20)18(21)19-17-14(3)7-6-8-15(17)4/h6-8,16H,2,5,9-12H2,1,3-4H3,(H,19,21)/t16-/m0/s1. The van der Waals surface area contributed by atoms with Gasteiger partial charge in [-0.25, -0.2) is 0 Å². The fourth-order valence-electron chi connectivity index (χ4n) is 2.99. The minimum atomic E-state index is -0.0785. The first-order valence-electron chi connectivity index (χ1n) is 7.80. The van der Waals surface area contributed by atoms with E-state index in [4.69, 9.17) is 0 Å². The van der Waals surface area contributed by atoms with Crippen LogP contribution in [0.1, 0.15) is 37.3 Å². The zero-order chi connectivity index (χ0) is 15.4. The molecule has 0 aliphatic carbocycles. The van der Waals surface area contributed by atoms with Gasteiger partial charge in [-0.3, -0.25) is 9.69 Å². The van der Waals surface area contributed by atoms with Gasteiger partial charge in [-0.1, -0.05) is 37.3 Å². The third kappa shape index (κ3) is 3.73. The van der Waals surface area contributed by atoms with Gasteiger partial charge in [0.05, 0.1) is 6.04 Å². The molecule has 1 saturated heterocycles. The van der Waals surface area contributed by atoms with Crippen LogP contribution in [0.25, 0.3) is 0 Å². The molecule has 0 aromatic heterocycles. The number of piperidine rings is 1. The normalized spacial score (nSPS) is 19.6. The van der Waals surface area contributed by atoms with Crippen molar-refractivity contribution in [1.29, 1.82) is 0 Å². The molecule has 0 bridgehead atoms. The lowest BCUT2D eigenvalue weighted by molar-refractivity contribution is -0.121. The number of amides is 1. The van der Waals surface area contributed by atoms with E-state index >= 15 is 0 Å². The van der Waals surface area contributed by atoms with Gasteiger partial charge in [0.2, 0.25) is 5.91 Å². The summed E-state index contributed by atoms with van der Waals surface area (Å²) in [5, 5.41) is 3.14. The van der Waals surface area contributed by atoms with Crippen molar-refractivity contribution in [2.45, 2.75) is 46.1 Å². The molecule has 2 rings (SSSR count). The van der Waals surface area contributed by atoms with Crippen LogP contribution in [-0.4, -0.2) is 29.9 Å². The summed E-state index contributed by atoms with van der Waals surface area (Å²) in [6.07, 6.45) is 2.85. The number of anilines is 1. The highest BCUT2D eigenvalue weighted by Gasteiger charge is 2.29. The molecule has 1 aromatic rings. The van der Waals surface area contributed by atoms with Crippen molar-refractivity contribution in [2.24, 2.45) is 0 Å². The van der Waals surface area contributed by atoms with Gasteiger partial charge < -0.3 is 5.32 Å². The van der Waals surface area contributed by atoms with Gasteiger partial charge in [0.15, 0.2) is 0 Å². The lowest BCUT2D eigenvalue weighted by Crippen LogP contribution is -2.47. The van der Waals surface area contributed by atoms with Crippen molar-refractivity contribution < 1.29 is 4.79 Å². The summed E-state index contributed by atoms with van der Waals surface area (Å²) in [7, 11) is 0. The Labute approximate surface area is 128 Å². The quantitative estimate of drug-likeness (QED) is 0.856. The highest BCUT2D eigenvalue weighted by molar-refractivity contribution is 5.96. The molecule has 1 amide bonds. The summed E-state index contributed by atoms with van der Waals surface area (Å²) in [5.41, 5.74) is 4.36. The van der Waals surface area contributed by atoms with Gasteiger partial charge in [-0.05, 0) is 50.8 Å². The molecular weight excluding hydrogens is 260 g/mol. The second kappa shape index (κ2) is 6.90. The average molecular weight is 286 g/mol. The lowest BCUT2D eigenvalue weighted by atomic mass is 9.96. The molecule has 1 aromatic carbocycles. The van der Waals surface area contributed by atoms with Crippen LogP contribution in [0.4, 0.5) is 5.69 Å². The second-order valence-corrected chi connectivity index (χ2v) is 6.01. The highest BCUT2D eigenvalue weighted by atomic mass is 16.2. The van der Waals surface area contributed by atoms with Crippen molar-refractivity contribution in [1.82, 2.24) is 4.90 Å². The maximum Gasteiger partial charge on any atom is 0.242 e. The summed E-state index contributed by atoms with van der Waals surface area (Å²) >= 11 is 0. The number of rotatable bonds is 4. The highest BCUT2D eigenvalue weighted by Crippen LogP contribution is 2.24. The van der Waals surface area contributed by atoms with Gasteiger partial charge >= 0.3 is 0 Å². The maximum atomic E-state index is 12.7. The van der Waals surface area contributed by atoms with Crippen LogP contribution in [0.5, 0.6) is 0 Å². The SMILES string of the molecule is C=C1CCN(CCC)[C@H](C(=O)Nc2c(C)cccc2C)C1. The Kier molecular flexibility index (Phi) is 5.18. The molecule has 114 valence electrons. The van der Waals surface area contributed by atoms with Crippen LogP contribution >= 0.6 is 0 Å². The molecule has 1 heterocycles. The number of hydrogen-bond acceptors (Lipinski definition) is 2. The number of nitrogens with zero attached hydrogens (tertiary/aromatic N) is 1. The summed E-state index contributed by atoms with van der Waals surface area (Å²) in [5.74, 6) is 0.0988. The first-order chi connectivity index (χ1) is 10.0. The maximum absolute atomic E-state index is 12.7. The number of carbonyl (C=O) groups is 1. The van der Waals surface area contributed by atoms with Crippen LogP contribution in [-0.2, 0) is 4.79 Å². The number of para-hydroxylation sites is 1. The Morgan fingerprint density at radius 3 is 2.67 bits per heavy atom. The molecule has 0 unspecified atom stereocenters. The summed E-state index contributed by atoms with van der Waals surface area (Å²) in [6, 6.07) is 6.01. The smallest absolute Gasteiger partial charge is 0.242 e. The summed E-state index contributed by atoms with van der Waals surface area (Å²) in [4.78, 5) is 15.0. The van der Waals surface area contributed by atoms with Crippen LogP contribution in [0.2, 0.25) is 0 Å². The zero-order valence-corrected chi connectivity index (χ0v) is 13.4. The van der Waals surface area contributed by atoms with E-state index in [1.54, 1.807) is 0 Å². The Bertz CT molecular complexity index is 516. The number of nitrogens with one attached hydrogen (secondary N) is 1. The zero-order valence-electron chi connectivity index (χ0n) is 13.4. The van der Waals surface area contributed by atoms with Gasteiger partial charge in [0.25, 0.3) is 0 Å². The molecular formula is C18H26N2O. The molecule has 0 saturated carbocycles. The molecule has 0 spiro atoms. The summed E-state index contributed by atoms with van der Waals surface area (Å²) < 4.78 is 0. The van der Waals surface area contributed by atoms with Crippen molar-refractivity contribution in [2.75, 3.05) is 18.4 Å². The fraction of sp³-hybridized carbons (Fsp3) is 0.500. The Balaban J connectivity index is 2.15. The van der Waals surface area contributed by atoms with Gasteiger partial charge in [0, 0.05) is 12.2 Å². The first kappa shape index (κ1) is 15.8. The topological polar surface area (TPSA) is 32.3 Å². The van der Waals surface area contributed by atoms with E-state index in [1.807, 2.05) is 32.0 Å². The van der Waals surface area contributed by atoms with E-state index in [0.717, 1.165) is 49.2 Å². The van der Waals surface area contributed by atoms with E-state index < -0.39 is 0 Å². The molecule has 3 nitrogen and oxygen atoms in total. The van der Waals surface area contributed by atoms with Gasteiger partial charge in [-0.2, -0.15) is 0 Å². The number of aryl methyl sites for hydroxylation is 2. The van der Waals surface area contributed by atoms with E-state index in [-0.39, 0.29) is 11.9 Å². The fourth-order valence-corrected chi connectivity index (χ4v) is 2.99. The molecule has 1 fully saturated rings. The minimum Gasteiger partial charge on any atom is -0.324 e. The van der Waals surface area contributed by atoms with Crippen molar-refractivity contribution in [3.05, 3.63) is 41.5 Å². The predicted octanol–water partition coefficient (Wildman–Crippen LogP) is 3.67. The average Bonchev–Trinajstić information content (AvgIpc) is 2.45. The van der Waals surface area contributed by atoms with Gasteiger partial charge in [-0.15, -0.1) is 0 Å². The van der Waals surface area contributed by atoms with E-state index in [2.05, 4.69) is 23.7 Å². The third-order valence-electron chi connectivity index (χ3n) is 4.22. The van der Waals surface area contributed by atoms with Crippen LogP contribution in [0.15, 0.2) is 30.4 Å². The largest absolute Gasteiger partial charge is 0.324 e. The summed E-state index contributed by atoms with van der Waals surface area (Å²) in [6.45, 7) is 12.2. The van der Waals surface area contributed by atoms with Crippen LogP contribution in [0, 0.1) is 13.8 Å². The predicted molar refractivity (Wildman–Crippen MR) is 88.6 cm³/mol. The molecule has 0 radical (unpaired) electrons. The molecule has 1 atom stereocenters. The number of benzene rings is 1. The monoisotopic (exact) mass is 286 g/mol. The Morgan fingerprint density at radius 1 is 1.38 bits per heavy atom. The molecule has 21 heavy (non-hydrogen) atoms. The Morgan fingerprint density at radius 2 is 2.05 bits per heavy atom. The van der Waals surface area contributed by atoms with E-state index in [0.29, 0.717) is 0 Å². The van der Waals surface area contributed by atoms with E-state index in [1.165, 1.54) is 5.57 Å². The number of hydrogen-bond donors (Lipinski definition) is 1. The second-order valence-electron chi connectivity index (χ2n) is 6.01. The van der Waals surface area contributed by atoms with Crippen LogP contribution in [0.3, 0.4) is 0 Å². The molecule has 1 aliphatic rings.